The van der Waals surface area contributed by atoms with E-state index in [2.05, 4.69) is 20.5 Å². The van der Waals surface area contributed by atoms with Gasteiger partial charge in [-0.3, -0.25) is 4.79 Å². The van der Waals surface area contributed by atoms with Crippen LogP contribution in [0.1, 0.15) is 10.4 Å². The molecule has 0 atom stereocenters. The largest absolute Gasteiger partial charge is 0.493 e. The van der Waals surface area contributed by atoms with Crippen LogP contribution in [0.5, 0.6) is 0 Å². The molecule has 13 heteroatoms. The number of hydroxylamine groups is 1. The molecule has 170 valence electrons. The number of halogens is 4. The van der Waals surface area contributed by atoms with Gasteiger partial charge in [-0.1, -0.05) is 23.7 Å². The molecular formula is C19H17ClF3N5O4. The van der Waals surface area contributed by atoms with Crippen molar-refractivity contribution in [3.05, 3.63) is 53.2 Å². The lowest BCUT2D eigenvalue weighted by Crippen LogP contribution is -2.48. The minimum Gasteiger partial charge on any atom is -0.323 e. The quantitative estimate of drug-likeness (QED) is 0.667. The number of aromatic nitrogens is 1. The van der Waals surface area contributed by atoms with Crippen molar-refractivity contribution in [2.24, 2.45) is 0 Å². The molecule has 3 amide bonds. The Kier molecular flexibility index (Phi) is 7.15. The summed E-state index contributed by atoms with van der Waals surface area (Å²) in [5, 5.41) is 5.90. The lowest BCUT2D eigenvalue weighted by molar-refractivity contribution is -0.200. The van der Waals surface area contributed by atoms with Gasteiger partial charge in [-0.2, -0.15) is 13.2 Å². The SMILES string of the molecule is O=C(Nc1ccccc1C(=O)N(OC(=O)C(F)(F)F)c1ccc(Cl)cn1)N1CCNCC1. The number of rotatable bonds is 3. The third-order valence-electron chi connectivity index (χ3n) is 4.31. The molecule has 2 aromatic rings. The van der Waals surface area contributed by atoms with E-state index >= 15 is 0 Å². The monoisotopic (exact) mass is 471 g/mol. The maximum Gasteiger partial charge on any atom is 0.493 e. The number of hydrogen-bond acceptors (Lipinski definition) is 6. The topological polar surface area (TPSA) is 104 Å². The van der Waals surface area contributed by atoms with Crippen molar-refractivity contribution in [3.63, 3.8) is 0 Å². The summed E-state index contributed by atoms with van der Waals surface area (Å²) in [6.07, 6.45) is -4.29. The molecule has 0 bridgehead atoms. The van der Waals surface area contributed by atoms with E-state index in [4.69, 9.17) is 11.6 Å². The molecule has 0 saturated carbocycles. The summed E-state index contributed by atoms with van der Waals surface area (Å²) < 4.78 is 38.4. The Morgan fingerprint density at radius 1 is 1.12 bits per heavy atom. The highest BCUT2D eigenvalue weighted by molar-refractivity contribution is 6.30. The van der Waals surface area contributed by atoms with Crippen molar-refractivity contribution < 1.29 is 32.4 Å². The standard InChI is InChI=1S/C19H17ClF3N5O4/c20-12-5-6-15(25-11-12)28(32-17(30)19(21,22)23)16(29)13-3-1-2-4-14(13)26-18(31)27-9-7-24-8-10-27/h1-6,11,24H,7-10H2,(H,26,31). The minimum atomic E-state index is -5.36. The van der Waals surface area contributed by atoms with Gasteiger partial charge in [0.15, 0.2) is 5.82 Å². The average Bonchev–Trinajstić information content (AvgIpc) is 2.78. The molecule has 9 nitrogen and oxygen atoms in total. The van der Waals surface area contributed by atoms with Crippen LogP contribution in [-0.2, 0) is 9.63 Å². The summed E-state index contributed by atoms with van der Waals surface area (Å²) in [5.74, 6) is -4.20. The molecule has 0 radical (unpaired) electrons. The maximum absolute atomic E-state index is 13.1. The summed E-state index contributed by atoms with van der Waals surface area (Å²) in [5.41, 5.74) is -0.203. The van der Waals surface area contributed by atoms with E-state index in [1.807, 2.05) is 0 Å². The predicted octanol–water partition coefficient (Wildman–Crippen LogP) is 2.84. The first-order valence-electron chi connectivity index (χ1n) is 9.27. The zero-order chi connectivity index (χ0) is 23.3. The zero-order valence-corrected chi connectivity index (χ0v) is 17.1. The van der Waals surface area contributed by atoms with Crippen LogP contribution in [0.2, 0.25) is 5.02 Å². The van der Waals surface area contributed by atoms with Crippen LogP contribution in [0.4, 0.5) is 29.5 Å². The van der Waals surface area contributed by atoms with Crippen LogP contribution in [0.15, 0.2) is 42.6 Å². The van der Waals surface area contributed by atoms with Crippen LogP contribution in [-0.4, -0.2) is 60.1 Å². The molecule has 1 aromatic heterocycles. The Morgan fingerprint density at radius 3 is 2.44 bits per heavy atom. The summed E-state index contributed by atoms with van der Waals surface area (Å²) in [7, 11) is 0. The van der Waals surface area contributed by atoms with Gasteiger partial charge in [0.2, 0.25) is 0 Å². The maximum atomic E-state index is 13.1. The van der Waals surface area contributed by atoms with Crippen LogP contribution in [0, 0.1) is 0 Å². The molecule has 2 heterocycles. The number of hydrogen-bond donors (Lipinski definition) is 2. The molecule has 0 unspecified atom stereocenters. The fourth-order valence-corrected chi connectivity index (χ4v) is 2.88. The zero-order valence-electron chi connectivity index (χ0n) is 16.4. The number of para-hydroxylation sites is 1. The van der Waals surface area contributed by atoms with Crippen LogP contribution in [0.25, 0.3) is 0 Å². The number of piperazine rings is 1. The van der Waals surface area contributed by atoms with Gasteiger partial charge in [-0.25, -0.2) is 14.6 Å². The highest BCUT2D eigenvalue weighted by atomic mass is 35.5. The molecule has 1 aliphatic rings. The van der Waals surface area contributed by atoms with Gasteiger partial charge in [-0.15, -0.1) is 5.06 Å². The fraction of sp³-hybridized carbons (Fsp3) is 0.263. The summed E-state index contributed by atoms with van der Waals surface area (Å²) in [6, 6.07) is 7.49. The van der Waals surface area contributed by atoms with Crippen LogP contribution >= 0.6 is 11.6 Å². The van der Waals surface area contributed by atoms with Crippen molar-refractivity contribution in [1.29, 1.82) is 0 Å². The van der Waals surface area contributed by atoms with Crippen molar-refractivity contribution in [2.45, 2.75) is 6.18 Å². The number of benzene rings is 1. The number of urea groups is 1. The molecular weight excluding hydrogens is 455 g/mol. The highest BCUT2D eigenvalue weighted by Gasteiger charge is 2.44. The molecule has 0 spiro atoms. The molecule has 1 fully saturated rings. The Hall–Kier alpha value is -3.38. The highest BCUT2D eigenvalue weighted by Crippen LogP contribution is 2.25. The fourth-order valence-electron chi connectivity index (χ4n) is 2.77. The molecule has 32 heavy (non-hydrogen) atoms. The summed E-state index contributed by atoms with van der Waals surface area (Å²) in [4.78, 5) is 46.7. The normalized spacial score (nSPS) is 13.9. The Balaban J connectivity index is 1.91. The summed E-state index contributed by atoms with van der Waals surface area (Å²) >= 11 is 5.74. The first kappa shape index (κ1) is 23.3. The van der Waals surface area contributed by atoms with Crippen molar-refractivity contribution in [1.82, 2.24) is 15.2 Å². The van der Waals surface area contributed by atoms with Crippen molar-refractivity contribution in [3.8, 4) is 0 Å². The predicted molar refractivity (Wildman–Crippen MR) is 108 cm³/mol. The number of pyridine rings is 1. The minimum absolute atomic E-state index is 0.0167. The molecule has 1 aliphatic heterocycles. The molecule has 1 saturated heterocycles. The second kappa shape index (κ2) is 9.83. The number of carbonyl (C=O) groups is 3. The van der Waals surface area contributed by atoms with Crippen LogP contribution < -0.4 is 15.7 Å². The molecule has 2 N–H and O–H groups in total. The second-order valence-electron chi connectivity index (χ2n) is 6.52. The molecule has 0 aliphatic carbocycles. The number of nitrogens with one attached hydrogen (secondary N) is 2. The lowest BCUT2D eigenvalue weighted by Gasteiger charge is -2.28. The van der Waals surface area contributed by atoms with Crippen molar-refractivity contribution in [2.75, 3.05) is 36.6 Å². The first-order chi connectivity index (χ1) is 15.2. The number of alkyl halides is 3. The van der Waals surface area contributed by atoms with E-state index in [1.54, 1.807) is 0 Å². The third kappa shape index (κ3) is 5.65. The second-order valence-corrected chi connectivity index (χ2v) is 6.96. The van der Waals surface area contributed by atoms with E-state index in [1.165, 1.54) is 35.2 Å². The number of anilines is 2. The van der Waals surface area contributed by atoms with E-state index < -0.39 is 29.9 Å². The number of amides is 3. The van der Waals surface area contributed by atoms with Crippen molar-refractivity contribution >= 4 is 41.0 Å². The van der Waals surface area contributed by atoms with Gasteiger partial charge in [0.1, 0.15) is 0 Å². The summed E-state index contributed by atoms with van der Waals surface area (Å²) in [6.45, 7) is 2.06. The van der Waals surface area contributed by atoms with Gasteiger partial charge >= 0.3 is 18.2 Å². The number of nitrogens with zero attached hydrogens (tertiary/aromatic N) is 3. The van der Waals surface area contributed by atoms with Gasteiger partial charge in [0, 0.05) is 32.4 Å². The van der Waals surface area contributed by atoms with Gasteiger partial charge < -0.3 is 20.4 Å². The van der Waals surface area contributed by atoms with Gasteiger partial charge in [0.05, 0.1) is 16.3 Å². The smallest absolute Gasteiger partial charge is 0.323 e. The van der Waals surface area contributed by atoms with E-state index in [-0.39, 0.29) is 21.3 Å². The number of carbonyl (C=O) groups excluding carboxylic acids is 3. The van der Waals surface area contributed by atoms with Gasteiger partial charge in [0.25, 0.3) is 5.91 Å². The van der Waals surface area contributed by atoms with E-state index in [0.29, 0.717) is 26.2 Å². The van der Waals surface area contributed by atoms with E-state index in [9.17, 15) is 27.6 Å². The lowest BCUT2D eigenvalue weighted by atomic mass is 10.1. The van der Waals surface area contributed by atoms with E-state index in [0.717, 1.165) is 12.3 Å². The Bertz CT molecular complexity index is 997. The Labute approximate surface area is 185 Å². The Morgan fingerprint density at radius 2 is 1.81 bits per heavy atom. The third-order valence-corrected chi connectivity index (χ3v) is 4.54. The average molecular weight is 472 g/mol. The van der Waals surface area contributed by atoms with Crippen LogP contribution in [0.3, 0.4) is 0 Å². The molecule has 3 rings (SSSR count). The van der Waals surface area contributed by atoms with Gasteiger partial charge in [-0.05, 0) is 24.3 Å². The first-order valence-corrected chi connectivity index (χ1v) is 9.65. The molecule has 1 aromatic carbocycles.